The Morgan fingerprint density at radius 1 is 1.14 bits per heavy atom. The highest BCUT2D eigenvalue weighted by molar-refractivity contribution is 6.31. The lowest BCUT2D eigenvalue weighted by Gasteiger charge is -2.15. The molecule has 1 unspecified atom stereocenters. The van der Waals surface area contributed by atoms with Gasteiger partial charge in [0.05, 0.1) is 11.0 Å². The van der Waals surface area contributed by atoms with Crippen molar-refractivity contribution in [2.45, 2.75) is 18.9 Å². The molecule has 1 N–H and O–H groups in total. The van der Waals surface area contributed by atoms with Crippen LogP contribution in [0.15, 0.2) is 36.4 Å². The third-order valence-corrected chi connectivity index (χ3v) is 4.14. The minimum atomic E-state index is -0.425. The smallest absolute Gasteiger partial charge is 0.293 e. The summed E-state index contributed by atoms with van der Waals surface area (Å²) in [5.41, 5.74) is 2.81. The molecule has 2 aromatic carbocycles. The number of nitro benzene ring substituents is 1. The molecule has 0 bridgehead atoms. The number of halogens is 2. The standard InChI is InChI=1S/C15H12Cl2N2O2/c16-10-2-4-12-9(7-10)1-5-13(12)18-14-6-3-11(17)8-15(14)19(20)21/h2-4,6-8,13,18H,1,5H2. The van der Waals surface area contributed by atoms with Gasteiger partial charge in [-0.1, -0.05) is 29.3 Å². The van der Waals surface area contributed by atoms with E-state index in [2.05, 4.69) is 5.32 Å². The van der Waals surface area contributed by atoms with Crippen molar-refractivity contribution in [1.82, 2.24) is 0 Å². The summed E-state index contributed by atoms with van der Waals surface area (Å²) in [4.78, 5) is 10.7. The number of nitro groups is 1. The zero-order valence-corrected chi connectivity index (χ0v) is 12.5. The number of hydrogen-bond acceptors (Lipinski definition) is 3. The predicted molar refractivity (Wildman–Crippen MR) is 84.2 cm³/mol. The summed E-state index contributed by atoms with van der Waals surface area (Å²) in [7, 11) is 0. The fourth-order valence-electron chi connectivity index (χ4n) is 2.70. The van der Waals surface area contributed by atoms with E-state index in [9.17, 15) is 10.1 Å². The molecule has 4 nitrogen and oxygen atoms in total. The van der Waals surface area contributed by atoms with Gasteiger partial charge in [0.1, 0.15) is 5.69 Å². The van der Waals surface area contributed by atoms with Crippen LogP contribution in [-0.4, -0.2) is 4.92 Å². The average molecular weight is 323 g/mol. The van der Waals surface area contributed by atoms with Gasteiger partial charge in [0.25, 0.3) is 5.69 Å². The minimum Gasteiger partial charge on any atom is -0.373 e. The lowest BCUT2D eigenvalue weighted by Crippen LogP contribution is -2.08. The number of benzene rings is 2. The van der Waals surface area contributed by atoms with Crippen LogP contribution in [0.25, 0.3) is 0 Å². The largest absolute Gasteiger partial charge is 0.373 e. The van der Waals surface area contributed by atoms with Gasteiger partial charge in [-0.25, -0.2) is 0 Å². The molecule has 0 spiro atoms. The molecule has 0 amide bonds. The molecule has 21 heavy (non-hydrogen) atoms. The fraction of sp³-hybridized carbons (Fsp3) is 0.200. The Morgan fingerprint density at radius 2 is 1.86 bits per heavy atom. The van der Waals surface area contributed by atoms with Crippen LogP contribution in [-0.2, 0) is 6.42 Å². The molecule has 108 valence electrons. The Balaban J connectivity index is 1.91. The van der Waals surface area contributed by atoms with Gasteiger partial charge in [-0.05, 0) is 48.2 Å². The number of anilines is 1. The second-order valence-electron chi connectivity index (χ2n) is 5.00. The molecule has 0 radical (unpaired) electrons. The Morgan fingerprint density at radius 3 is 2.62 bits per heavy atom. The normalized spacial score (nSPS) is 16.6. The number of fused-ring (bicyclic) bond motifs is 1. The van der Waals surface area contributed by atoms with E-state index in [4.69, 9.17) is 23.2 Å². The van der Waals surface area contributed by atoms with Crippen LogP contribution < -0.4 is 5.32 Å². The molecule has 0 fully saturated rings. The topological polar surface area (TPSA) is 55.2 Å². The number of aryl methyl sites for hydroxylation is 1. The Kier molecular flexibility index (Phi) is 3.74. The number of hydrogen-bond donors (Lipinski definition) is 1. The zero-order chi connectivity index (χ0) is 15.0. The van der Waals surface area contributed by atoms with E-state index in [1.165, 1.54) is 11.6 Å². The van der Waals surface area contributed by atoms with E-state index in [0.29, 0.717) is 15.7 Å². The van der Waals surface area contributed by atoms with Gasteiger partial charge in [0.15, 0.2) is 0 Å². The summed E-state index contributed by atoms with van der Waals surface area (Å²) >= 11 is 11.8. The molecular weight excluding hydrogens is 311 g/mol. The van der Waals surface area contributed by atoms with Gasteiger partial charge >= 0.3 is 0 Å². The second kappa shape index (κ2) is 5.54. The van der Waals surface area contributed by atoms with E-state index in [-0.39, 0.29) is 11.7 Å². The maximum Gasteiger partial charge on any atom is 0.293 e. The molecule has 1 atom stereocenters. The SMILES string of the molecule is O=[N+]([O-])c1cc(Cl)ccc1NC1CCc2cc(Cl)ccc21. The molecule has 2 aromatic rings. The van der Waals surface area contributed by atoms with E-state index < -0.39 is 4.92 Å². The molecule has 0 aliphatic heterocycles. The first-order valence-corrected chi connectivity index (χ1v) is 7.29. The molecule has 0 saturated carbocycles. The Labute approximate surface area is 131 Å². The molecule has 6 heteroatoms. The van der Waals surface area contributed by atoms with Crippen LogP contribution in [0.2, 0.25) is 10.0 Å². The van der Waals surface area contributed by atoms with Crippen LogP contribution in [0, 0.1) is 10.1 Å². The van der Waals surface area contributed by atoms with Crippen molar-refractivity contribution in [3.63, 3.8) is 0 Å². The van der Waals surface area contributed by atoms with Crippen molar-refractivity contribution in [3.8, 4) is 0 Å². The number of nitrogens with one attached hydrogen (secondary N) is 1. The summed E-state index contributed by atoms with van der Waals surface area (Å²) in [6, 6.07) is 10.5. The highest BCUT2D eigenvalue weighted by Gasteiger charge is 2.25. The third-order valence-electron chi connectivity index (χ3n) is 3.67. The van der Waals surface area contributed by atoms with Crippen molar-refractivity contribution in [2.24, 2.45) is 0 Å². The van der Waals surface area contributed by atoms with Gasteiger partial charge in [-0.2, -0.15) is 0 Å². The number of rotatable bonds is 3. The summed E-state index contributed by atoms with van der Waals surface area (Å²) in [6.07, 6.45) is 1.80. The lowest BCUT2D eigenvalue weighted by molar-refractivity contribution is -0.384. The summed E-state index contributed by atoms with van der Waals surface area (Å²) in [5, 5.41) is 15.4. The monoisotopic (exact) mass is 322 g/mol. The summed E-state index contributed by atoms with van der Waals surface area (Å²) in [5.74, 6) is 0. The van der Waals surface area contributed by atoms with Crippen molar-refractivity contribution < 1.29 is 4.92 Å². The summed E-state index contributed by atoms with van der Waals surface area (Å²) in [6.45, 7) is 0. The van der Waals surface area contributed by atoms with Crippen LogP contribution in [0.3, 0.4) is 0 Å². The van der Waals surface area contributed by atoms with Crippen molar-refractivity contribution in [2.75, 3.05) is 5.32 Å². The van der Waals surface area contributed by atoms with E-state index >= 15 is 0 Å². The maximum atomic E-state index is 11.1. The zero-order valence-electron chi connectivity index (χ0n) is 11.0. The van der Waals surface area contributed by atoms with Gasteiger partial charge < -0.3 is 5.32 Å². The second-order valence-corrected chi connectivity index (χ2v) is 5.87. The van der Waals surface area contributed by atoms with Crippen LogP contribution in [0.5, 0.6) is 0 Å². The summed E-state index contributed by atoms with van der Waals surface area (Å²) < 4.78 is 0. The van der Waals surface area contributed by atoms with Gasteiger partial charge in [-0.3, -0.25) is 10.1 Å². The predicted octanol–water partition coefficient (Wildman–Crippen LogP) is 5.00. The van der Waals surface area contributed by atoms with E-state index in [1.807, 2.05) is 18.2 Å². The molecule has 3 rings (SSSR count). The van der Waals surface area contributed by atoms with Crippen LogP contribution in [0.1, 0.15) is 23.6 Å². The third kappa shape index (κ3) is 2.82. The Hall–Kier alpha value is -1.78. The Bertz CT molecular complexity index is 719. The first-order chi connectivity index (χ1) is 10.0. The lowest BCUT2D eigenvalue weighted by atomic mass is 10.1. The van der Waals surface area contributed by atoms with Crippen molar-refractivity contribution in [3.05, 3.63) is 67.7 Å². The van der Waals surface area contributed by atoms with Gasteiger partial charge in [-0.15, -0.1) is 0 Å². The van der Waals surface area contributed by atoms with Crippen LogP contribution in [0.4, 0.5) is 11.4 Å². The first-order valence-electron chi connectivity index (χ1n) is 6.53. The minimum absolute atomic E-state index is 0.00934. The van der Waals surface area contributed by atoms with Crippen molar-refractivity contribution >= 4 is 34.6 Å². The molecule has 0 heterocycles. The quantitative estimate of drug-likeness (QED) is 0.639. The molecule has 1 aliphatic carbocycles. The van der Waals surface area contributed by atoms with E-state index in [1.54, 1.807) is 12.1 Å². The molecule has 0 aromatic heterocycles. The fourth-order valence-corrected chi connectivity index (χ4v) is 3.06. The van der Waals surface area contributed by atoms with Gasteiger partial charge in [0.2, 0.25) is 0 Å². The van der Waals surface area contributed by atoms with Crippen LogP contribution >= 0.6 is 23.2 Å². The highest BCUT2D eigenvalue weighted by Crippen LogP contribution is 2.38. The van der Waals surface area contributed by atoms with E-state index in [0.717, 1.165) is 18.4 Å². The van der Waals surface area contributed by atoms with Gasteiger partial charge in [0, 0.05) is 16.1 Å². The molecule has 0 saturated heterocycles. The first kappa shape index (κ1) is 14.2. The average Bonchev–Trinajstić information content (AvgIpc) is 2.82. The maximum absolute atomic E-state index is 11.1. The molecule has 1 aliphatic rings. The molecular formula is C15H12Cl2N2O2. The van der Waals surface area contributed by atoms with Crippen molar-refractivity contribution in [1.29, 1.82) is 0 Å². The highest BCUT2D eigenvalue weighted by atomic mass is 35.5. The number of nitrogens with zero attached hydrogens (tertiary/aromatic N) is 1.